The molecule has 0 aliphatic carbocycles. The normalized spacial score (nSPS) is 13.4. The molecule has 1 aliphatic rings. The molecule has 0 atom stereocenters. The van der Waals surface area contributed by atoms with Gasteiger partial charge < -0.3 is 0 Å². The van der Waals surface area contributed by atoms with Gasteiger partial charge in [-0.05, 0) is 68.1 Å². The fourth-order valence-electron chi connectivity index (χ4n) is 6.02. The molecule has 38 heavy (non-hydrogen) atoms. The number of fused-ring (bicyclic) bond motifs is 8. The zero-order chi connectivity index (χ0) is 26.0. The molecule has 0 spiro atoms. The molecule has 0 fully saturated rings. The fraction of sp³-hybridized carbons (Fsp3) is 0.235. The van der Waals surface area contributed by atoms with Crippen molar-refractivity contribution in [3.63, 3.8) is 0 Å². The number of nitrogens with zero attached hydrogens (tertiary/aromatic N) is 4. The lowest BCUT2D eigenvalue weighted by molar-refractivity contribution is -0.693. The Morgan fingerprint density at radius 2 is 0.842 bits per heavy atom. The molecule has 188 valence electrons. The van der Waals surface area contributed by atoms with Gasteiger partial charge in [-0.1, -0.05) is 48.5 Å². The molecule has 1 aliphatic heterocycles. The highest BCUT2D eigenvalue weighted by molar-refractivity contribution is 5.84. The minimum absolute atomic E-state index is 0.872. The molecule has 0 unspecified atom stereocenters. The SMILES string of the molecule is Cc1c(C)[n+]2cn1Cc1ccc3ccc(cc3c1)Cn1c[n+](c(C)c1C)Cc1ccc3ccc(cc3c1)C2. The summed E-state index contributed by atoms with van der Waals surface area (Å²) in [6.45, 7) is 12.4. The summed E-state index contributed by atoms with van der Waals surface area (Å²) in [5.74, 6) is 0. The van der Waals surface area contributed by atoms with Gasteiger partial charge in [-0.15, -0.1) is 0 Å². The van der Waals surface area contributed by atoms with E-state index in [1.54, 1.807) is 0 Å². The van der Waals surface area contributed by atoms with Crippen molar-refractivity contribution in [2.75, 3.05) is 0 Å². The maximum atomic E-state index is 2.39. The van der Waals surface area contributed by atoms with Crippen LogP contribution in [0, 0.1) is 27.7 Å². The second-order valence-electron chi connectivity index (χ2n) is 11.1. The van der Waals surface area contributed by atoms with Gasteiger partial charge in [-0.3, -0.25) is 0 Å². The maximum absolute atomic E-state index is 2.39. The third-order valence-corrected chi connectivity index (χ3v) is 8.68. The predicted molar refractivity (Wildman–Crippen MR) is 153 cm³/mol. The van der Waals surface area contributed by atoms with E-state index in [1.165, 1.54) is 66.6 Å². The van der Waals surface area contributed by atoms with E-state index < -0.39 is 0 Å². The number of hydrogen-bond donors (Lipinski definition) is 0. The molecule has 7 rings (SSSR count). The highest BCUT2D eigenvalue weighted by Gasteiger charge is 2.19. The molecule has 2 aromatic heterocycles. The summed E-state index contributed by atoms with van der Waals surface area (Å²) in [7, 11) is 0. The van der Waals surface area contributed by atoms with Gasteiger partial charge >= 0.3 is 0 Å². The van der Waals surface area contributed by atoms with Crippen molar-refractivity contribution < 1.29 is 9.13 Å². The van der Waals surface area contributed by atoms with Crippen LogP contribution in [0.5, 0.6) is 0 Å². The molecule has 0 amide bonds. The summed E-state index contributed by atoms with van der Waals surface area (Å²) in [5, 5.41) is 5.20. The van der Waals surface area contributed by atoms with Gasteiger partial charge in [0.1, 0.15) is 49.0 Å². The van der Waals surface area contributed by atoms with E-state index in [2.05, 4.69) is 131 Å². The zero-order valence-electron chi connectivity index (χ0n) is 22.7. The van der Waals surface area contributed by atoms with Gasteiger partial charge in [0.05, 0.1) is 0 Å². The number of aromatic nitrogens is 4. The van der Waals surface area contributed by atoms with E-state index in [0.717, 1.165) is 26.2 Å². The Morgan fingerprint density at radius 1 is 0.474 bits per heavy atom. The summed E-state index contributed by atoms with van der Waals surface area (Å²) < 4.78 is 9.57. The van der Waals surface area contributed by atoms with Crippen LogP contribution in [0.3, 0.4) is 0 Å². The van der Waals surface area contributed by atoms with Crippen molar-refractivity contribution in [2.24, 2.45) is 0 Å². The lowest BCUT2D eigenvalue weighted by atomic mass is 10.0. The largest absolute Gasteiger partial charge is 0.244 e. The van der Waals surface area contributed by atoms with E-state index in [-0.39, 0.29) is 0 Å². The van der Waals surface area contributed by atoms with Crippen molar-refractivity contribution in [1.29, 1.82) is 0 Å². The molecule has 4 aromatic carbocycles. The smallest absolute Gasteiger partial charge is 0.230 e. The van der Waals surface area contributed by atoms with Crippen LogP contribution >= 0.6 is 0 Å². The highest BCUT2D eigenvalue weighted by Crippen LogP contribution is 2.22. The highest BCUT2D eigenvalue weighted by atomic mass is 15.1. The van der Waals surface area contributed by atoms with Gasteiger partial charge in [0.15, 0.2) is 0 Å². The number of rotatable bonds is 0. The standard InChI is InChI=1S/C34H34N4/c1-23-24(2)36-18-28-6-10-32-12-8-30(16-34(32)14-28)20-38-22-37(25(3)26(38)4)19-29-7-11-31-9-5-27(13-33(31)15-29)17-35(23)21-36/h5-16,21-22H,17-20H2,1-4H3/q+2. The molecule has 10 bridgehead atoms. The van der Waals surface area contributed by atoms with E-state index in [1.807, 2.05) is 0 Å². The van der Waals surface area contributed by atoms with Crippen molar-refractivity contribution in [3.8, 4) is 0 Å². The fourth-order valence-corrected chi connectivity index (χ4v) is 6.02. The molecule has 0 radical (unpaired) electrons. The molecule has 4 heteroatoms. The van der Waals surface area contributed by atoms with Crippen molar-refractivity contribution in [1.82, 2.24) is 9.13 Å². The van der Waals surface area contributed by atoms with Crippen LogP contribution in [0.15, 0.2) is 85.5 Å². The van der Waals surface area contributed by atoms with Crippen molar-refractivity contribution >= 4 is 21.5 Å². The Hall–Kier alpha value is -4.18. The number of hydrogen-bond acceptors (Lipinski definition) is 0. The Balaban J connectivity index is 1.40. The summed E-state index contributed by atoms with van der Waals surface area (Å²) in [6.07, 6.45) is 4.57. The van der Waals surface area contributed by atoms with Crippen molar-refractivity contribution in [3.05, 3.63) is 130 Å². The molecule has 6 aromatic rings. The summed E-state index contributed by atoms with van der Waals surface area (Å²) in [4.78, 5) is 0. The topological polar surface area (TPSA) is 17.6 Å². The monoisotopic (exact) mass is 498 g/mol. The average molecular weight is 499 g/mol. The molecular formula is C34H34N4+2. The third-order valence-electron chi connectivity index (χ3n) is 8.68. The molecule has 4 nitrogen and oxygen atoms in total. The molecule has 0 saturated carbocycles. The van der Waals surface area contributed by atoms with Gasteiger partial charge in [0, 0.05) is 27.7 Å². The first kappa shape index (κ1) is 23.0. The molecule has 0 N–H and O–H groups in total. The molecular weight excluding hydrogens is 464 g/mol. The lowest BCUT2D eigenvalue weighted by Crippen LogP contribution is -2.35. The predicted octanol–water partition coefficient (Wildman–Crippen LogP) is 5.91. The Morgan fingerprint density at radius 3 is 1.26 bits per heavy atom. The summed E-state index contributed by atoms with van der Waals surface area (Å²) >= 11 is 0. The van der Waals surface area contributed by atoms with E-state index >= 15 is 0 Å². The lowest BCUT2D eigenvalue weighted by Gasteiger charge is -2.06. The van der Waals surface area contributed by atoms with E-state index in [0.29, 0.717) is 0 Å². The Labute approximate surface area is 224 Å². The zero-order valence-corrected chi connectivity index (χ0v) is 22.7. The maximum Gasteiger partial charge on any atom is 0.244 e. The first-order chi connectivity index (χ1) is 18.4. The van der Waals surface area contributed by atoms with Gasteiger partial charge in [0.2, 0.25) is 12.7 Å². The second-order valence-corrected chi connectivity index (χ2v) is 11.1. The minimum atomic E-state index is 0.872. The Kier molecular flexibility index (Phi) is 5.26. The van der Waals surface area contributed by atoms with Crippen molar-refractivity contribution in [2.45, 2.75) is 53.9 Å². The van der Waals surface area contributed by atoms with Gasteiger partial charge in [-0.2, -0.15) is 0 Å². The summed E-state index contributed by atoms with van der Waals surface area (Å²) in [5.41, 5.74) is 10.6. The third kappa shape index (κ3) is 3.92. The first-order valence-corrected chi connectivity index (χ1v) is 13.6. The average Bonchev–Trinajstić information content (AvgIpc) is 3.32. The van der Waals surface area contributed by atoms with E-state index in [9.17, 15) is 0 Å². The van der Waals surface area contributed by atoms with Crippen LogP contribution in [-0.4, -0.2) is 9.13 Å². The minimum Gasteiger partial charge on any atom is -0.230 e. The molecule has 3 heterocycles. The van der Waals surface area contributed by atoms with Crippen LogP contribution in [-0.2, 0) is 26.2 Å². The molecule has 0 saturated heterocycles. The van der Waals surface area contributed by atoms with Crippen LogP contribution < -0.4 is 9.13 Å². The Bertz CT molecular complexity index is 1610. The quantitative estimate of drug-likeness (QED) is 0.231. The van der Waals surface area contributed by atoms with Gasteiger partial charge in [-0.25, -0.2) is 18.3 Å². The number of imidazole rings is 2. The van der Waals surface area contributed by atoms with Crippen LogP contribution in [0.2, 0.25) is 0 Å². The van der Waals surface area contributed by atoms with E-state index in [4.69, 9.17) is 0 Å². The number of benzene rings is 4. The van der Waals surface area contributed by atoms with Crippen LogP contribution in [0.1, 0.15) is 45.0 Å². The van der Waals surface area contributed by atoms with Crippen LogP contribution in [0.4, 0.5) is 0 Å². The summed E-state index contributed by atoms with van der Waals surface area (Å²) in [6, 6.07) is 27.6. The first-order valence-electron chi connectivity index (χ1n) is 13.6. The van der Waals surface area contributed by atoms with Gasteiger partial charge in [0.25, 0.3) is 0 Å². The van der Waals surface area contributed by atoms with Crippen LogP contribution in [0.25, 0.3) is 21.5 Å². The second kappa shape index (κ2) is 8.70.